The Morgan fingerprint density at radius 2 is 1.91 bits per heavy atom. The Bertz CT molecular complexity index is 1020. The number of benzene rings is 2. The number of nitrogens with one attached hydrogen (secondary N) is 1. The monoisotopic (exact) mass is 429 g/mol. The van der Waals surface area contributed by atoms with Crippen molar-refractivity contribution >= 4 is 5.91 Å². The molecule has 1 fully saturated rings. The minimum absolute atomic E-state index is 0.0361. The lowest BCUT2D eigenvalue weighted by molar-refractivity contribution is 0.0874. The van der Waals surface area contributed by atoms with E-state index in [2.05, 4.69) is 27.3 Å². The second-order valence-corrected chi connectivity index (χ2v) is 8.51. The summed E-state index contributed by atoms with van der Waals surface area (Å²) in [7, 11) is 1.69. The van der Waals surface area contributed by atoms with Crippen LogP contribution in [0, 0.1) is 12.8 Å². The van der Waals surface area contributed by atoms with Crippen molar-refractivity contribution in [2.75, 3.05) is 20.2 Å². The second-order valence-electron chi connectivity index (χ2n) is 8.51. The summed E-state index contributed by atoms with van der Waals surface area (Å²) in [6.45, 7) is 4.84. The predicted octanol–water partition coefficient (Wildman–Crippen LogP) is 4.78. The zero-order valence-corrected chi connectivity index (χ0v) is 18.8. The van der Waals surface area contributed by atoms with Crippen molar-refractivity contribution in [1.82, 2.24) is 15.2 Å². The number of carbonyl (C=O) groups is 1. The molecule has 2 aromatic carbocycles. The fraction of sp³-hybridized carbons (Fsp3) is 0.333. The minimum atomic E-state index is -0.123. The fourth-order valence-electron chi connectivity index (χ4n) is 4.54. The number of nitrogens with zero attached hydrogens (tertiary/aromatic N) is 2. The molecule has 5 nitrogen and oxygen atoms in total. The first-order valence-corrected chi connectivity index (χ1v) is 11.3. The molecule has 1 aliphatic heterocycles. The Balaban J connectivity index is 1.51. The standard InChI is InChI=1S/C27H31N3O2/c1-20-8-3-4-10-24(20)27(31)29-26(25-11-5-6-16-28-25)22-9-7-17-30(19-22)18-21-12-14-23(32-2)15-13-21/h3-6,8,10-16,22,26H,7,9,17-19H2,1-2H3,(H,29,31)/t22-,26+/m0/s1. The summed E-state index contributed by atoms with van der Waals surface area (Å²) in [5.74, 6) is 1.13. The Morgan fingerprint density at radius 3 is 2.62 bits per heavy atom. The molecule has 4 rings (SSSR count). The van der Waals surface area contributed by atoms with Crippen molar-refractivity contribution in [2.45, 2.75) is 32.4 Å². The highest BCUT2D eigenvalue weighted by molar-refractivity contribution is 5.95. The fourth-order valence-corrected chi connectivity index (χ4v) is 4.54. The van der Waals surface area contributed by atoms with Gasteiger partial charge in [-0.15, -0.1) is 0 Å². The lowest BCUT2D eigenvalue weighted by atomic mass is 9.88. The van der Waals surface area contributed by atoms with E-state index in [1.54, 1.807) is 13.3 Å². The first-order valence-electron chi connectivity index (χ1n) is 11.3. The van der Waals surface area contributed by atoms with Crippen LogP contribution in [0.5, 0.6) is 5.75 Å². The molecule has 1 aromatic heterocycles. The molecule has 3 aromatic rings. The first kappa shape index (κ1) is 22.0. The van der Waals surface area contributed by atoms with Crippen LogP contribution in [0.25, 0.3) is 0 Å². The van der Waals surface area contributed by atoms with Gasteiger partial charge in [-0.3, -0.25) is 14.7 Å². The topological polar surface area (TPSA) is 54.5 Å². The largest absolute Gasteiger partial charge is 0.497 e. The van der Waals surface area contributed by atoms with E-state index in [4.69, 9.17) is 4.74 Å². The normalized spacial score (nSPS) is 17.5. The van der Waals surface area contributed by atoms with E-state index in [1.807, 2.05) is 61.5 Å². The molecule has 0 aliphatic carbocycles. The summed E-state index contributed by atoms with van der Waals surface area (Å²) in [5, 5.41) is 3.32. The van der Waals surface area contributed by atoms with Crippen LogP contribution in [0.15, 0.2) is 72.9 Å². The number of pyridine rings is 1. The minimum Gasteiger partial charge on any atom is -0.497 e. The number of carbonyl (C=O) groups excluding carboxylic acids is 1. The molecule has 1 amide bonds. The number of hydrogen-bond donors (Lipinski definition) is 1. The molecule has 0 radical (unpaired) electrons. The maximum absolute atomic E-state index is 13.2. The van der Waals surface area contributed by atoms with E-state index in [9.17, 15) is 4.79 Å². The molecule has 0 spiro atoms. The summed E-state index contributed by atoms with van der Waals surface area (Å²) in [6, 6.07) is 21.8. The molecular formula is C27H31N3O2. The smallest absolute Gasteiger partial charge is 0.252 e. The molecule has 0 unspecified atom stereocenters. The first-order chi connectivity index (χ1) is 15.6. The molecule has 0 saturated carbocycles. The molecule has 2 heterocycles. The van der Waals surface area contributed by atoms with Crippen LogP contribution >= 0.6 is 0 Å². The van der Waals surface area contributed by atoms with Crippen molar-refractivity contribution in [3.63, 3.8) is 0 Å². The Kier molecular flexibility index (Phi) is 7.17. The van der Waals surface area contributed by atoms with E-state index in [-0.39, 0.29) is 11.9 Å². The highest BCUT2D eigenvalue weighted by Crippen LogP contribution is 2.30. The van der Waals surface area contributed by atoms with Gasteiger partial charge in [0.15, 0.2) is 0 Å². The summed E-state index contributed by atoms with van der Waals surface area (Å²) in [5.41, 5.74) is 3.89. The average Bonchev–Trinajstić information content (AvgIpc) is 2.84. The van der Waals surface area contributed by atoms with Gasteiger partial charge in [-0.05, 0) is 73.7 Å². The molecule has 32 heavy (non-hydrogen) atoms. The molecule has 1 aliphatic rings. The quantitative estimate of drug-likeness (QED) is 0.587. The van der Waals surface area contributed by atoms with E-state index in [0.29, 0.717) is 5.92 Å². The summed E-state index contributed by atoms with van der Waals surface area (Å²) in [4.78, 5) is 20.2. The summed E-state index contributed by atoms with van der Waals surface area (Å²) in [6.07, 6.45) is 3.97. The number of likely N-dealkylation sites (tertiary alicyclic amines) is 1. The third-order valence-corrected chi connectivity index (χ3v) is 6.26. The lowest BCUT2D eigenvalue weighted by Crippen LogP contribution is -2.43. The number of hydrogen-bond acceptors (Lipinski definition) is 4. The van der Waals surface area contributed by atoms with Crippen LogP contribution in [0.4, 0.5) is 0 Å². The van der Waals surface area contributed by atoms with Crippen LogP contribution < -0.4 is 10.1 Å². The van der Waals surface area contributed by atoms with Gasteiger partial charge in [-0.2, -0.15) is 0 Å². The number of rotatable bonds is 7. The third-order valence-electron chi connectivity index (χ3n) is 6.26. The van der Waals surface area contributed by atoms with E-state index < -0.39 is 0 Å². The lowest BCUT2D eigenvalue weighted by Gasteiger charge is -2.37. The van der Waals surface area contributed by atoms with Crippen molar-refractivity contribution < 1.29 is 9.53 Å². The Labute approximate surface area is 190 Å². The average molecular weight is 430 g/mol. The van der Waals surface area contributed by atoms with Crippen LogP contribution in [0.3, 0.4) is 0 Å². The third kappa shape index (κ3) is 5.35. The molecule has 166 valence electrons. The molecule has 5 heteroatoms. The SMILES string of the molecule is COc1ccc(CN2CCC[C@H]([C@@H](NC(=O)c3ccccc3C)c3ccccn3)C2)cc1. The van der Waals surface area contributed by atoms with Gasteiger partial charge in [0.05, 0.1) is 18.8 Å². The Hall–Kier alpha value is -3.18. The van der Waals surface area contributed by atoms with Gasteiger partial charge in [0.2, 0.25) is 0 Å². The molecule has 0 bridgehead atoms. The molecular weight excluding hydrogens is 398 g/mol. The van der Waals surface area contributed by atoms with Crippen LogP contribution in [0.1, 0.15) is 46.1 Å². The van der Waals surface area contributed by atoms with E-state index >= 15 is 0 Å². The predicted molar refractivity (Wildman–Crippen MR) is 127 cm³/mol. The van der Waals surface area contributed by atoms with E-state index in [0.717, 1.165) is 55.0 Å². The van der Waals surface area contributed by atoms with Crippen LogP contribution in [-0.2, 0) is 6.54 Å². The maximum Gasteiger partial charge on any atom is 0.252 e. The second kappa shape index (κ2) is 10.4. The molecule has 1 N–H and O–H groups in total. The van der Waals surface area contributed by atoms with Crippen molar-refractivity contribution in [2.24, 2.45) is 5.92 Å². The van der Waals surface area contributed by atoms with Crippen molar-refractivity contribution in [1.29, 1.82) is 0 Å². The zero-order chi connectivity index (χ0) is 22.3. The number of methoxy groups -OCH3 is 1. The van der Waals surface area contributed by atoms with Crippen molar-refractivity contribution in [3.8, 4) is 5.75 Å². The van der Waals surface area contributed by atoms with Crippen LogP contribution in [0.2, 0.25) is 0 Å². The van der Waals surface area contributed by atoms with Gasteiger partial charge in [0, 0.05) is 24.8 Å². The number of amides is 1. The summed E-state index contributed by atoms with van der Waals surface area (Å²) >= 11 is 0. The number of aromatic nitrogens is 1. The van der Waals surface area contributed by atoms with Gasteiger partial charge < -0.3 is 10.1 Å². The van der Waals surface area contributed by atoms with Gasteiger partial charge in [0.25, 0.3) is 5.91 Å². The van der Waals surface area contributed by atoms with Crippen LogP contribution in [-0.4, -0.2) is 36.0 Å². The summed E-state index contributed by atoms with van der Waals surface area (Å²) < 4.78 is 5.28. The number of ether oxygens (including phenoxy) is 1. The van der Waals surface area contributed by atoms with Gasteiger partial charge in [-0.1, -0.05) is 36.4 Å². The highest BCUT2D eigenvalue weighted by Gasteiger charge is 2.31. The number of aryl methyl sites for hydroxylation is 1. The van der Waals surface area contributed by atoms with Gasteiger partial charge >= 0.3 is 0 Å². The zero-order valence-electron chi connectivity index (χ0n) is 18.8. The maximum atomic E-state index is 13.2. The van der Waals surface area contributed by atoms with Gasteiger partial charge in [0.1, 0.15) is 5.75 Å². The van der Waals surface area contributed by atoms with Crippen molar-refractivity contribution in [3.05, 3.63) is 95.3 Å². The molecule has 1 saturated heterocycles. The van der Waals surface area contributed by atoms with Gasteiger partial charge in [-0.25, -0.2) is 0 Å². The Morgan fingerprint density at radius 1 is 1.12 bits per heavy atom. The number of piperidine rings is 1. The highest BCUT2D eigenvalue weighted by atomic mass is 16.5. The van der Waals surface area contributed by atoms with E-state index in [1.165, 1.54) is 5.56 Å². The molecule has 2 atom stereocenters.